The molecular weight excluding hydrogens is 468 g/mol. The molecule has 2 N–H and O–H groups in total. The molecule has 188 valence electrons. The van der Waals surface area contributed by atoms with E-state index in [9.17, 15) is 24.0 Å². The Morgan fingerprint density at radius 1 is 1.22 bits per heavy atom. The van der Waals surface area contributed by atoms with Crippen LogP contribution in [-0.4, -0.2) is 68.6 Å². The van der Waals surface area contributed by atoms with Crippen LogP contribution < -0.4 is 15.4 Å². The van der Waals surface area contributed by atoms with Crippen LogP contribution in [0.5, 0.6) is 5.75 Å². The van der Waals surface area contributed by atoms with Crippen molar-refractivity contribution in [1.29, 1.82) is 0 Å². The summed E-state index contributed by atoms with van der Waals surface area (Å²) in [4.78, 5) is 62.6. The summed E-state index contributed by atoms with van der Waals surface area (Å²) in [6, 6.07) is 3.42. The molecule has 4 rings (SSSR count). The molecule has 36 heavy (non-hydrogen) atoms. The third-order valence-corrected chi connectivity index (χ3v) is 5.82. The highest BCUT2D eigenvalue weighted by Gasteiger charge is 2.46. The fourth-order valence-electron chi connectivity index (χ4n) is 4.09. The molecule has 12 heteroatoms. The number of allylic oxidation sites excluding steroid dienone is 1. The van der Waals surface area contributed by atoms with Gasteiger partial charge in [0.15, 0.2) is 6.61 Å². The molecule has 1 unspecified atom stereocenters. The third-order valence-electron chi connectivity index (χ3n) is 5.82. The molecule has 0 spiro atoms. The zero-order valence-corrected chi connectivity index (χ0v) is 19.7. The minimum Gasteiger partial charge on any atom is -0.483 e. The fraction of sp³-hybridized carbons (Fsp3) is 0.375. The molecule has 1 saturated heterocycles. The number of aryl methyl sites for hydroxylation is 1. The first-order valence-electron chi connectivity index (χ1n) is 11.7. The third kappa shape index (κ3) is 5.32. The highest BCUT2D eigenvalue weighted by Crippen LogP contribution is 2.33. The van der Waals surface area contributed by atoms with Crippen LogP contribution in [0, 0.1) is 0 Å². The molecule has 1 aromatic carbocycles. The van der Waals surface area contributed by atoms with Crippen molar-refractivity contribution in [2.45, 2.75) is 45.2 Å². The van der Waals surface area contributed by atoms with Crippen molar-refractivity contribution in [3.8, 4) is 5.75 Å². The van der Waals surface area contributed by atoms with Crippen LogP contribution in [0.2, 0.25) is 0 Å². The lowest BCUT2D eigenvalue weighted by Gasteiger charge is -2.27. The van der Waals surface area contributed by atoms with Crippen LogP contribution >= 0.6 is 0 Å². The summed E-state index contributed by atoms with van der Waals surface area (Å²) in [5.74, 6) is -2.75. The lowest BCUT2D eigenvalue weighted by Crippen LogP contribution is -2.54. The molecule has 0 bridgehead atoms. The number of amides is 5. The first kappa shape index (κ1) is 24.8. The fourth-order valence-corrected chi connectivity index (χ4v) is 4.09. The van der Waals surface area contributed by atoms with Crippen molar-refractivity contribution < 1.29 is 28.7 Å². The smallest absolute Gasteiger partial charge is 0.266 e. The molecule has 3 heterocycles. The molecule has 1 aromatic heterocycles. The molecule has 0 saturated carbocycles. The van der Waals surface area contributed by atoms with Crippen molar-refractivity contribution in [3.05, 3.63) is 47.3 Å². The van der Waals surface area contributed by atoms with Gasteiger partial charge in [0.2, 0.25) is 11.8 Å². The van der Waals surface area contributed by atoms with Gasteiger partial charge in [0, 0.05) is 19.5 Å². The summed E-state index contributed by atoms with van der Waals surface area (Å²) in [6.45, 7) is 2.68. The summed E-state index contributed by atoms with van der Waals surface area (Å²) in [5.41, 5.74) is 0.884. The number of nitrogens with one attached hydrogen (secondary N) is 2. The van der Waals surface area contributed by atoms with Crippen LogP contribution in [-0.2, 0) is 20.9 Å². The van der Waals surface area contributed by atoms with E-state index in [-0.39, 0.29) is 42.2 Å². The van der Waals surface area contributed by atoms with Gasteiger partial charge in [-0.3, -0.25) is 38.9 Å². The SMILES string of the molecule is CC=Cc1cn(CCCCNC(=O)COc2cccc3c2C(=O)N(C2CCC(=O)NC2=O)C3=O)nn1. The molecule has 12 nitrogen and oxygen atoms in total. The van der Waals surface area contributed by atoms with Gasteiger partial charge in [-0.25, -0.2) is 0 Å². The first-order chi connectivity index (χ1) is 17.4. The summed E-state index contributed by atoms with van der Waals surface area (Å²) in [6.07, 6.45) is 7.20. The summed E-state index contributed by atoms with van der Waals surface area (Å²) in [7, 11) is 0. The number of ether oxygens (including phenoxy) is 1. The van der Waals surface area contributed by atoms with E-state index in [2.05, 4.69) is 20.9 Å². The minimum absolute atomic E-state index is 0.00474. The molecule has 0 radical (unpaired) electrons. The molecule has 1 atom stereocenters. The van der Waals surface area contributed by atoms with E-state index in [1.165, 1.54) is 18.2 Å². The average molecular weight is 495 g/mol. The molecule has 2 aliphatic heterocycles. The quantitative estimate of drug-likeness (QED) is 0.361. The molecule has 0 aliphatic carbocycles. The van der Waals surface area contributed by atoms with E-state index in [1.807, 2.05) is 25.3 Å². The zero-order valence-electron chi connectivity index (χ0n) is 19.7. The van der Waals surface area contributed by atoms with Crippen molar-refractivity contribution in [3.63, 3.8) is 0 Å². The van der Waals surface area contributed by atoms with Gasteiger partial charge in [0.05, 0.1) is 17.3 Å². The van der Waals surface area contributed by atoms with Gasteiger partial charge in [0.1, 0.15) is 17.5 Å². The number of carbonyl (C=O) groups excluding carboxylic acids is 5. The molecule has 5 amide bonds. The number of fused-ring (bicyclic) bond motifs is 1. The summed E-state index contributed by atoms with van der Waals surface area (Å²) < 4.78 is 7.31. The van der Waals surface area contributed by atoms with E-state index in [4.69, 9.17) is 4.74 Å². The number of imide groups is 2. The van der Waals surface area contributed by atoms with E-state index >= 15 is 0 Å². The van der Waals surface area contributed by atoms with E-state index in [0.717, 1.165) is 23.4 Å². The minimum atomic E-state index is -1.07. The lowest BCUT2D eigenvalue weighted by atomic mass is 10.0. The topological polar surface area (TPSA) is 153 Å². The predicted octanol–water partition coefficient (Wildman–Crippen LogP) is 0.688. The molecule has 1 fully saturated rings. The number of rotatable bonds is 10. The number of hydrogen-bond donors (Lipinski definition) is 2. The number of carbonyl (C=O) groups is 5. The van der Waals surface area contributed by atoms with Crippen molar-refractivity contribution >= 4 is 35.6 Å². The van der Waals surface area contributed by atoms with Gasteiger partial charge in [-0.2, -0.15) is 0 Å². The van der Waals surface area contributed by atoms with E-state index in [0.29, 0.717) is 13.1 Å². The zero-order chi connectivity index (χ0) is 25.7. The Labute approximate surface area is 206 Å². The normalized spacial score (nSPS) is 17.5. The number of benzene rings is 1. The molecule has 2 aliphatic rings. The predicted molar refractivity (Wildman–Crippen MR) is 126 cm³/mol. The van der Waals surface area contributed by atoms with Crippen molar-refractivity contribution in [2.75, 3.05) is 13.2 Å². The van der Waals surface area contributed by atoms with Gasteiger partial charge in [0.25, 0.3) is 17.7 Å². The number of aromatic nitrogens is 3. The standard InChI is InChI=1S/C24H26N6O6/c1-2-6-15-13-29(28-27-15)12-4-3-11-25-20(32)14-36-18-8-5-7-16-21(18)24(35)30(23(16)34)17-9-10-19(31)26-22(17)33/h2,5-8,13,17H,3-4,9-12,14H2,1H3,(H,25,32)(H,26,31,33). The van der Waals surface area contributed by atoms with Crippen molar-refractivity contribution in [2.24, 2.45) is 0 Å². The van der Waals surface area contributed by atoms with Crippen LogP contribution in [0.15, 0.2) is 30.5 Å². The van der Waals surface area contributed by atoms with Gasteiger partial charge in [-0.15, -0.1) is 5.10 Å². The second-order valence-corrected chi connectivity index (χ2v) is 8.38. The first-order valence-corrected chi connectivity index (χ1v) is 11.7. The maximum atomic E-state index is 13.0. The largest absolute Gasteiger partial charge is 0.483 e. The van der Waals surface area contributed by atoms with Crippen molar-refractivity contribution in [1.82, 2.24) is 30.5 Å². The number of piperidine rings is 1. The highest BCUT2D eigenvalue weighted by molar-refractivity contribution is 6.24. The van der Waals surface area contributed by atoms with Crippen LogP contribution in [0.1, 0.15) is 59.0 Å². The Bertz CT molecular complexity index is 1240. The Morgan fingerprint density at radius 2 is 2.06 bits per heavy atom. The van der Waals surface area contributed by atoms with E-state index in [1.54, 1.807) is 4.68 Å². The molecule has 2 aromatic rings. The van der Waals surface area contributed by atoms with Crippen LogP contribution in [0.4, 0.5) is 0 Å². The van der Waals surface area contributed by atoms with E-state index < -0.39 is 29.7 Å². The second kappa shape index (κ2) is 10.9. The Hall–Kier alpha value is -4.35. The average Bonchev–Trinajstić information content (AvgIpc) is 3.40. The van der Waals surface area contributed by atoms with Gasteiger partial charge >= 0.3 is 0 Å². The van der Waals surface area contributed by atoms with Gasteiger partial charge in [-0.05, 0) is 44.4 Å². The number of nitrogens with zero attached hydrogens (tertiary/aromatic N) is 4. The number of unbranched alkanes of at least 4 members (excludes halogenated alkanes) is 1. The Balaban J connectivity index is 1.27. The highest BCUT2D eigenvalue weighted by atomic mass is 16.5. The Morgan fingerprint density at radius 3 is 2.83 bits per heavy atom. The second-order valence-electron chi connectivity index (χ2n) is 8.38. The summed E-state index contributed by atoms with van der Waals surface area (Å²) >= 11 is 0. The molecular formula is C24H26N6O6. The van der Waals surface area contributed by atoms with Crippen LogP contribution in [0.3, 0.4) is 0 Å². The monoisotopic (exact) mass is 494 g/mol. The maximum Gasteiger partial charge on any atom is 0.266 e. The van der Waals surface area contributed by atoms with Gasteiger partial charge < -0.3 is 10.1 Å². The number of hydrogen-bond acceptors (Lipinski definition) is 8. The maximum absolute atomic E-state index is 13.0. The lowest BCUT2D eigenvalue weighted by molar-refractivity contribution is -0.136. The van der Waals surface area contributed by atoms with Gasteiger partial charge in [-0.1, -0.05) is 17.4 Å². The van der Waals surface area contributed by atoms with Crippen LogP contribution in [0.25, 0.3) is 6.08 Å². The summed E-state index contributed by atoms with van der Waals surface area (Å²) in [5, 5.41) is 13.0. The Kier molecular flexibility index (Phi) is 7.52.